The predicted octanol–water partition coefficient (Wildman–Crippen LogP) is 3.46. The van der Waals surface area contributed by atoms with Crippen molar-refractivity contribution in [2.45, 2.75) is 44.4 Å². The van der Waals surface area contributed by atoms with Crippen molar-refractivity contribution < 1.29 is 13.2 Å². The van der Waals surface area contributed by atoms with Crippen LogP contribution in [-0.4, -0.2) is 18.8 Å². The van der Waals surface area contributed by atoms with E-state index in [4.69, 9.17) is 5.73 Å². The minimum Gasteiger partial charge on any atom is -0.369 e. The molecule has 1 aromatic rings. The zero-order valence-corrected chi connectivity index (χ0v) is 10.8. The summed E-state index contributed by atoms with van der Waals surface area (Å²) in [6.45, 7) is 0.948. The Morgan fingerprint density at radius 1 is 1.16 bits per heavy atom. The number of rotatable bonds is 6. The Morgan fingerprint density at radius 3 is 2.26 bits per heavy atom. The van der Waals surface area contributed by atoms with Crippen LogP contribution in [-0.2, 0) is 6.54 Å². The molecule has 2 nitrogen and oxygen atoms in total. The number of benzene rings is 1. The number of nitrogens with zero attached hydrogens (tertiary/aromatic N) is 1. The van der Waals surface area contributed by atoms with E-state index in [-0.39, 0.29) is 6.42 Å². The minimum atomic E-state index is -4.06. The first-order valence-corrected chi connectivity index (χ1v) is 6.62. The molecule has 0 heterocycles. The third kappa shape index (κ3) is 4.42. The quantitative estimate of drug-likeness (QED) is 0.859. The molecule has 0 radical (unpaired) electrons. The van der Waals surface area contributed by atoms with Crippen LogP contribution < -0.4 is 10.6 Å². The van der Waals surface area contributed by atoms with Gasteiger partial charge in [0.2, 0.25) is 0 Å². The maximum atomic E-state index is 12.2. The Hall–Kier alpha value is -1.23. The van der Waals surface area contributed by atoms with Gasteiger partial charge in [-0.15, -0.1) is 0 Å². The molecule has 1 fully saturated rings. The summed E-state index contributed by atoms with van der Waals surface area (Å²) in [7, 11) is 0. The van der Waals surface area contributed by atoms with E-state index in [9.17, 15) is 13.2 Å². The van der Waals surface area contributed by atoms with Gasteiger partial charge in [0.15, 0.2) is 0 Å². The molecule has 0 aliphatic heterocycles. The van der Waals surface area contributed by atoms with E-state index in [2.05, 4.69) is 4.90 Å². The van der Waals surface area contributed by atoms with Gasteiger partial charge >= 0.3 is 6.18 Å². The third-order valence-corrected chi connectivity index (χ3v) is 3.35. The molecule has 19 heavy (non-hydrogen) atoms. The van der Waals surface area contributed by atoms with E-state index >= 15 is 0 Å². The fourth-order valence-corrected chi connectivity index (χ4v) is 2.18. The van der Waals surface area contributed by atoms with Crippen LogP contribution in [0, 0.1) is 0 Å². The smallest absolute Gasteiger partial charge is 0.369 e. The van der Waals surface area contributed by atoms with E-state index in [0.717, 1.165) is 24.1 Å². The van der Waals surface area contributed by atoms with E-state index in [0.29, 0.717) is 19.1 Å². The zero-order valence-electron chi connectivity index (χ0n) is 10.8. The number of halogens is 3. The normalized spacial score (nSPS) is 15.6. The Balaban J connectivity index is 1.95. The van der Waals surface area contributed by atoms with Gasteiger partial charge in [0.25, 0.3) is 0 Å². The highest BCUT2D eigenvalue weighted by molar-refractivity contribution is 5.49. The summed E-state index contributed by atoms with van der Waals surface area (Å²) in [6, 6.07) is 8.20. The third-order valence-electron chi connectivity index (χ3n) is 3.35. The largest absolute Gasteiger partial charge is 0.389 e. The Morgan fingerprint density at radius 2 is 1.79 bits per heavy atom. The zero-order chi connectivity index (χ0) is 13.9. The molecule has 1 aromatic carbocycles. The Labute approximate surface area is 111 Å². The lowest BCUT2D eigenvalue weighted by molar-refractivity contribution is -0.135. The first kappa shape index (κ1) is 14.2. The molecule has 1 saturated carbocycles. The van der Waals surface area contributed by atoms with Crippen molar-refractivity contribution in [2.75, 3.05) is 11.4 Å². The SMILES string of the molecule is NCc1ccc(N(CCCC(F)(F)F)C2CC2)cc1. The second-order valence-electron chi connectivity index (χ2n) is 5.01. The van der Waals surface area contributed by atoms with E-state index in [1.807, 2.05) is 24.3 Å². The minimum absolute atomic E-state index is 0.151. The molecule has 0 bridgehead atoms. The van der Waals surface area contributed by atoms with Crippen molar-refractivity contribution in [3.8, 4) is 0 Å². The van der Waals surface area contributed by atoms with Crippen LogP contribution in [0.15, 0.2) is 24.3 Å². The van der Waals surface area contributed by atoms with Gasteiger partial charge in [0.05, 0.1) is 0 Å². The maximum Gasteiger partial charge on any atom is 0.389 e. The number of anilines is 1. The summed E-state index contributed by atoms with van der Waals surface area (Å²) in [5, 5.41) is 0. The molecule has 0 aromatic heterocycles. The highest BCUT2D eigenvalue weighted by Crippen LogP contribution is 2.32. The van der Waals surface area contributed by atoms with Gasteiger partial charge in [-0.1, -0.05) is 12.1 Å². The lowest BCUT2D eigenvalue weighted by Crippen LogP contribution is -2.27. The summed E-state index contributed by atoms with van der Waals surface area (Å²) >= 11 is 0. The number of alkyl halides is 3. The van der Waals surface area contributed by atoms with Gasteiger partial charge < -0.3 is 10.6 Å². The van der Waals surface area contributed by atoms with Gasteiger partial charge in [-0.3, -0.25) is 0 Å². The highest BCUT2D eigenvalue weighted by Gasteiger charge is 2.31. The average molecular weight is 272 g/mol. The molecule has 2 rings (SSSR count). The molecule has 1 aliphatic carbocycles. The van der Waals surface area contributed by atoms with Gasteiger partial charge in [0, 0.05) is 31.2 Å². The lowest BCUT2D eigenvalue weighted by Gasteiger charge is -2.25. The topological polar surface area (TPSA) is 29.3 Å². The summed E-state index contributed by atoms with van der Waals surface area (Å²) < 4.78 is 36.6. The number of hydrogen-bond donors (Lipinski definition) is 1. The van der Waals surface area contributed by atoms with Crippen molar-refractivity contribution in [3.05, 3.63) is 29.8 Å². The number of hydrogen-bond acceptors (Lipinski definition) is 2. The second kappa shape index (κ2) is 5.82. The second-order valence-corrected chi connectivity index (χ2v) is 5.01. The summed E-state index contributed by atoms with van der Waals surface area (Å²) in [5.41, 5.74) is 7.58. The molecule has 106 valence electrons. The van der Waals surface area contributed by atoms with Gasteiger partial charge in [-0.2, -0.15) is 13.2 Å². The average Bonchev–Trinajstić information content (AvgIpc) is 3.18. The first-order chi connectivity index (χ1) is 8.99. The van der Waals surface area contributed by atoms with Crippen LogP contribution in [0.1, 0.15) is 31.2 Å². The molecule has 0 unspecified atom stereocenters. The molecule has 2 N–H and O–H groups in total. The molecule has 1 aliphatic rings. The summed E-state index contributed by atoms with van der Waals surface area (Å²) in [6.07, 6.45) is -2.47. The van der Waals surface area contributed by atoms with Gasteiger partial charge in [-0.25, -0.2) is 0 Å². The standard InChI is InChI=1S/C14H19F3N2/c15-14(16,17)8-1-9-19(13-6-7-13)12-4-2-11(10-18)3-5-12/h2-5,13H,1,6-10,18H2. The number of nitrogens with two attached hydrogens (primary N) is 1. The molecular weight excluding hydrogens is 253 g/mol. The van der Waals surface area contributed by atoms with Crippen molar-refractivity contribution in [2.24, 2.45) is 5.73 Å². The fourth-order valence-electron chi connectivity index (χ4n) is 2.18. The Kier molecular flexibility index (Phi) is 4.34. The van der Waals surface area contributed by atoms with E-state index < -0.39 is 12.6 Å². The molecule has 5 heteroatoms. The van der Waals surface area contributed by atoms with Crippen LogP contribution in [0.5, 0.6) is 0 Å². The van der Waals surface area contributed by atoms with Crippen LogP contribution >= 0.6 is 0 Å². The van der Waals surface area contributed by atoms with E-state index in [1.54, 1.807) is 0 Å². The Bertz CT molecular complexity index is 396. The molecule has 0 amide bonds. The molecule has 0 atom stereocenters. The molecule has 0 saturated heterocycles. The predicted molar refractivity (Wildman–Crippen MR) is 70.0 cm³/mol. The molecule has 0 spiro atoms. The van der Waals surface area contributed by atoms with Crippen LogP contribution in [0.3, 0.4) is 0 Å². The van der Waals surface area contributed by atoms with Crippen LogP contribution in [0.2, 0.25) is 0 Å². The molecular formula is C14H19F3N2. The first-order valence-electron chi connectivity index (χ1n) is 6.62. The van der Waals surface area contributed by atoms with Crippen molar-refractivity contribution in [1.29, 1.82) is 0 Å². The van der Waals surface area contributed by atoms with Crippen LogP contribution in [0.25, 0.3) is 0 Å². The summed E-state index contributed by atoms with van der Waals surface area (Å²) in [4.78, 5) is 2.09. The van der Waals surface area contributed by atoms with E-state index in [1.165, 1.54) is 0 Å². The lowest BCUT2D eigenvalue weighted by atomic mass is 10.2. The van der Waals surface area contributed by atoms with Crippen LogP contribution in [0.4, 0.5) is 18.9 Å². The highest BCUT2D eigenvalue weighted by atomic mass is 19.4. The van der Waals surface area contributed by atoms with Crippen molar-refractivity contribution in [3.63, 3.8) is 0 Å². The van der Waals surface area contributed by atoms with Gasteiger partial charge in [0.1, 0.15) is 0 Å². The van der Waals surface area contributed by atoms with Crippen molar-refractivity contribution >= 4 is 5.69 Å². The maximum absolute atomic E-state index is 12.2. The monoisotopic (exact) mass is 272 g/mol. The summed E-state index contributed by atoms with van der Waals surface area (Å²) in [5.74, 6) is 0. The van der Waals surface area contributed by atoms with Crippen molar-refractivity contribution in [1.82, 2.24) is 0 Å². The fraction of sp³-hybridized carbons (Fsp3) is 0.571. The van der Waals surface area contributed by atoms with Gasteiger partial charge in [-0.05, 0) is 37.0 Å².